The fraction of sp³-hybridized carbons (Fsp3) is 0.846. The molecule has 86 valence electrons. The first-order chi connectivity index (χ1) is 7.27. The lowest BCUT2D eigenvalue weighted by Crippen LogP contribution is -2.30. The number of rotatable bonds is 5. The predicted octanol–water partition coefficient (Wildman–Crippen LogP) is 3.52. The second-order valence-electron chi connectivity index (χ2n) is 4.63. The second-order valence-corrected chi connectivity index (χ2v) is 4.63. The van der Waals surface area contributed by atoms with E-state index in [-0.39, 0.29) is 6.04 Å². The van der Waals surface area contributed by atoms with Gasteiger partial charge in [0.05, 0.1) is 0 Å². The molecule has 0 atom stereocenters. The molecule has 0 radical (unpaired) electrons. The summed E-state index contributed by atoms with van der Waals surface area (Å²) in [5.41, 5.74) is 0. The van der Waals surface area contributed by atoms with Gasteiger partial charge in [-0.2, -0.15) is 0 Å². The molecule has 1 aliphatic carbocycles. The fourth-order valence-electron chi connectivity index (χ4n) is 2.46. The van der Waals surface area contributed by atoms with Gasteiger partial charge in [-0.25, -0.2) is 0 Å². The van der Waals surface area contributed by atoms with Crippen molar-refractivity contribution in [2.75, 3.05) is 0 Å². The first kappa shape index (κ1) is 12.4. The van der Waals surface area contributed by atoms with E-state index in [2.05, 4.69) is 13.0 Å². The van der Waals surface area contributed by atoms with Crippen molar-refractivity contribution in [1.29, 1.82) is 0 Å². The molecule has 0 saturated heterocycles. The second kappa shape index (κ2) is 6.74. The molecule has 0 heterocycles. The Kier molecular flexibility index (Phi) is 5.57. The van der Waals surface area contributed by atoms with Gasteiger partial charge in [0.15, 0.2) is 0 Å². The molecule has 2 heteroatoms. The fourth-order valence-corrected chi connectivity index (χ4v) is 2.46. The number of nitrogens with zero attached hydrogens (tertiary/aromatic N) is 1. The topological polar surface area (TPSA) is 26.3 Å². The smallest absolute Gasteiger partial charge is 0.0248 e. The van der Waals surface area contributed by atoms with E-state index < -0.39 is 0 Å². The van der Waals surface area contributed by atoms with Crippen molar-refractivity contribution >= 4 is 0 Å². The van der Waals surface area contributed by atoms with Crippen molar-refractivity contribution in [2.24, 2.45) is 5.92 Å². The number of hydroxylamine groups is 2. The predicted molar refractivity (Wildman–Crippen MR) is 63.9 cm³/mol. The largest absolute Gasteiger partial charge is 0.751 e. The summed E-state index contributed by atoms with van der Waals surface area (Å²) in [6, 6.07) is 2.27. The number of hydrogen-bond donors (Lipinski definition) is 0. The van der Waals surface area contributed by atoms with Crippen LogP contribution in [0.5, 0.6) is 0 Å². The normalized spacial score (nSPS) is 25.9. The molecule has 0 amide bonds. The van der Waals surface area contributed by atoms with Gasteiger partial charge < -0.3 is 10.3 Å². The van der Waals surface area contributed by atoms with Crippen molar-refractivity contribution in [2.45, 2.75) is 64.3 Å². The molecule has 0 aromatic rings. The van der Waals surface area contributed by atoms with Gasteiger partial charge >= 0.3 is 0 Å². The Balaban J connectivity index is 2.16. The molecule has 1 saturated carbocycles. The highest BCUT2D eigenvalue weighted by Gasteiger charge is 2.20. The molecule has 0 aromatic carbocycles. The van der Waals surface area contributed by atoms with Crippen LogP contribution in [0.15, 0.2) is 0 Å². The van der Waals surface area contributed by atoms with Crippen LogP contribution in [-0.2, 0) is 0 Å². The minimum absolute atomic E-state index is 0.0948. The van der Waals surface area contributed by atoms with Crippen LogP contribution in [-0.4, -0.2) is 11.1 Å². The Morgan fingerprint density at radius 3 is 2.47 bits per heavy atom. The monoisotopic (exact) mass is 208 g/mol. The van der Waals surface area contributed by atoms with Crippen molar-refractivity contribution in [3.05, 3.63) is 5.21 Å². The highest BCUT2D eigenvalue weighted by Crippen LogP contribution is 2.30. The lowest BCUT2D eigenvalue weighted by Gasteiger charge is -2.38. The molecule has 0 spiro atoms. The standard InChI is InChI=1S/C13H22NO/c1-3-5-6-7-12-8-10-13(11-9-12)14(15)4-2/h2,12-13H,3,5-11H2,1H3/q-1. The van der Waals surface area contributed by atoms with E-state index in [4.69, 9.17) is 6.42 Å². The molecule has 15 heavy (non-hydrogen) atoms. The Bertz CT molecular complexity index is 201. The number of terminal acetylenes is 1. The summed E-state index contributed by atoms with van der Waals surface area (Å²) < 4.78 is 0. The number of hydrogen-bond acceptors (Lipinski definition) is 2. The van der Waals surface area contributed by atoms with Gasteiger partial charge in [0.2, 0.25) is 0 Å². The summed E-state index contributed by atoms with van der Waals surface area (Å²) in [4.78, 5) is 0. The van der Waals surface area contributed by atoms with Crippen LogP contribution >= 0.6 is 0 Å². The molecule has 1 fully saturated rings. The zero-order valence-corrected chi connectivity index (χ0v) is 9.74. The molecule has 0 bridgehead atoms. The third-order valence-electron chi connectivity index (χ3n) is 3.49. The van der Waals surface area contributed by atoms with Gasteiger partial charge in [0, 0.05) is 6.04 Å². The van der Waals surface area contributed by atoms with Gasteiger partial charge in [0.1, 0.15) is 0 Å². The summed E-state index contributed by atoms with van der Waals surface area (Å²) >= 11 is 0. The van der Waals surface area contributed by atoms with Crippen LogP contribution in [0.2, 0.25) is 0 Å². The van der Waals surface area contributed by atoms with Crippen LogP contribution in [0.3, 0.4) is 0 Å². The van der Waals surface area contributed by atoms with Crippen LogP contribution in [0.25, 0.3) is 0 Å². The maximum absolute atomic E-state index is 11.2. The van der Waals surface area contributed by atoms with E-state index >= 15 is 0 Å². The molecule has 1 aliphatic rings. The Labute approximate surface area is 93.6 Å². The van der Waals surface area contributed by atoms with Crippen molar-refractivity contribution in [3.63, 3.8) is 0 Å². The maximum atomic E-state index is 11.2. The summed E-state index contributed by atoms with van der Waals surface area (Å²) in [7, 11) is 0. The average molecular weight is 208 g/mol. The van der Waals surface area contributed by atoms with Crippen LogP contribution in [0.1, 0.15) is 58.3 Å². The van der Waals surface area contributed by atoms with E-state index in [0.717, 1.165) is 23.8 Å². The van der Waals surface area contributed by atoms with Crippen molar-refractivity contribution in [1.82, 2.24) is 5.06 Å². The molecule has 0 aliphatic heterocycles. The van der Waals surface area contributed by atoms with Gasteiger partial charge in [-0.05, 0) is 37.6 Å². The van der Waals surface area contributed by atoms with Crippen LogP contribution < -0.4 is 0 Å². The zero-order chi connectivity index (χ0) is 11.1. The lowest BCUT2D eigenvalue weighted by atomic mass is 9.83. The average Bonchev–Trinajstić information content (AvgIpc) is 2.29. The van der Waals surface area contributed by atoms with E-state index in [9.17, 15) is 5.21 Å². The zero-order valence-electron chi connectivity index (χ0n) is 9.74. The summed E-state index contributed by atoms with van der Waals surface area (Å²) in [6.07, 6.45) is 14.8. The molecule has 1 rings (SSSR count). The van der Waals surface area contributed by atoms with E-state index in [0.29, 0.717) is 0 Å². The first-order valence-electron chi connectivity index (χ1n) is 6.20. The van der Waals surface area contributed by atoms with Crippen LogP contribution in [0, 0.1) is 23.6 Å². The molecule has 2 nitrogen and oxygen atoms in total. The molecule has 0 N–H and O–H groups in total. The quantitative estimate of drug-likeness (QED) is 0.299. The highest BCUT2D eigenvalue weighted by molar-refractivity contribution is 4.92. The Morgan fingerprint density at radius 2 is 1.93 bits per heavy atom. The van der Waals surface area contributed by atoms with E-state index in [1.54, 1.807) is 0 Å². The van der Waals surface area contributed by atoms with E-state index in [1.165, 1.54) is 38.5 Å². The third kappa shape index (κ3) is 4.13. The number of unbranched alkanes of at least 4 members (excludes halogenated alkanes) is 2. The third-order valence-corrected chi connectivity index (χ3v) is 3.49. The molecular weight excluding hydrogens is 186 g/mol. The van der Waals surface area contributed by atoms with Gasteiger partial charge in [-0.3, -0.25) is 0 Å². The Morgan fingerprint density at radius 1 is 1.27 bits per heavy atom. The van der Waals surface area contributed by atoms with Gasteiger partial charge in [-0.15, -0.1) is 0 Å². The summed E-state index contributed by atoms with van der Waals surface area (Å²) in [5.74, 6) is 0.846. The van der Waals surface area contributed by atoms with Crippen molar-refractivity contribution in [3.8, 4) is 12.5 Å². The maximum Gasteiger partial charge on any atom is 0.0248 e. The van der Waals surface area contributed by atoms with Crippen molar-refractivity contribution < 1.29 is 0 Å². The molecule has 0 aromatic heterocycles. The minimum Gasteiger partial charge on any atom is -0.751 e. The summed E-state index contributed by atoms with van der Waals surface area (Å²) in [6.45, 7) is 2.24. The van der Waals surface area contributed by atoms with Crippen LogP contribution in [0.4, 0.5) is 0 Å². The van der Waals surface area contributed by atoms with Gasteiger partial charge in [0.25, 0.3) is 0 Å². The Hall–Kier alpha value is -0.680. The SMILES string of the molecule is C#CN([O-])C1CCC(CCCCC)CC1. The molecule has 0 unspecified atom stereocenters. The summed E-state index contributed by atoms with van der Waals surface area (Å²) in [5, 5.41) is 12.0. The minimum atomic E-state index is 0.0948. The van der Waals surface area contributed by atoms with E-state index in [1.807, 2.05) is 0 Å². The first-order valence-corrected chi connectivity index (χ1v) is 6.20. The molecular formula is C13H22NO-. The lowest BCUT2D eigenvalue weighted by molar-refractivity contribution is 0.227. The highest BCUT2D eigenvalue weighted by atomic mass is 16.5. The van der Waals surface area contributed by atoms with Gasteiger partial charge in [-0.1, -0.05) is 39.0 Å².